The van der Waals surface area contributed by atoms with Gasteiger partial charge >= 0.3 is 0 Å². The molecule has 0 spiro atoms. The van der Waals surface area contributed by atoms with E-state index in [-0.39, 0.29) is 0 Å². The van der Waals surface area contributed by atoms with Crippen molar-refractivity contribution in [1.29, 1.82) is 0 Å². The summed E-state index contributed by atoms with van der Waals surface area (Å²) in [5, 5.41) is 0. The zero-order valence-electron chi connectivity index (χ0n) is 13.3. The molecule has 1 aromatic heterocycles. The van der Waals surface area contributed by atoms with Gasteiger partial charge in [-0.2, -0.15) is 4.31 Å². The molecule has 1 aliphatic rings. The van der Waals surface area contributed by atoms with Gasteiger partial charge in [-0.1, -0.05) is 18.5 Å². The summed E-state index contributed by atoms with van der Waals surface area (Å²) in [6.07, 6.45) is 3.50. The van der Waals surface area contributed by atoms with Gasteiger partial charge in [0, 0.05) is 19.3 Å². The van der Waals surface area contributed by atoms with Crippen LogP contribution in [0.4, 0.5) is 0 Å². The van der Waals surface area contributed by atoms with Crippen LogP contribution in [0.15, 0.2) is 35.4 Å². The number of nitrogens with zero attached hydrogens (tertiary/aromatic N) is 2. The van der Waals surface area contributed by atoms with E-state index in [9.17, 15) is 8.42 Å². The Hall–Kier alpha value is -1.15. The Morgan fingerprint density at radius 1 is 1.29 bits per heavy atom. The lowest BCUT2D eigenvalue weighted by Gasteiger charge is -2.29. The number of sulfonamides is 1. The summed E-state index contributed by atoms with van der Waals surface area (Å²) in [5.74, 6) is 1.21. The largest absolute Gasteiger partial charge is 0.488 e. The average Bonchev–Trinajstić information content (AvgIpc) is 2.99. The van der Waals surface area contributed by atoms with Crippen molar-refractivity contribution in [3.8, 4) is 5.75 Å². The zero-order valence-corrected chi connectivity index (χ0v) is 15.7. The Labute approximate surface area is 151 Å². The topological polar surface area (TPSA) is 59.5 Å². The molecule has 0 unspecified atom stereocenters. The van der Waals surface area contributed by atoms with Crippen LogP contribution in [-0.2, 0) is 16.6 Å². The maximum Gasteiger partial charge on any atom is 0.243 e. The third-order valence-corrected chi connectivity index (χ3v) is 7.11. The van der Waals surface area contributed by atoms with E-state index in [4.69, 9.17) is 16.3 Å². The molecule has 0 aliphatic carbocycles. The van der Waals surface area contributed by atoms with E-state index in [1.165, 1.54) is 11.3 Å². The predicted octanol–water partition coefficient (Wildman–Crippen LogP) is 3.80. The molecule has 1 aliphatic heterocycles. The Balaban J connectivity index is 1.65. The van der Waals surface area contributed by atoms with Crippen LogP contribution in [0.1, 0.15) is 24.6 Å². The van der Waals surface area contributed by atoms with Gasteiger partial charge in [0.15, 0.2) is 4.47 Å². The van der Waals surface area contributed by atoms with Gasteiger partial charge in [-0.25, -0.2) is 13.4 Å². The molecular weight excluding hydrogens is 368 g/mol. The minimum atomic E-state index is -3.41. The minimum Gasteiger partial charge on any atom is -0.488 e. The maximum absolute atomic E-state index is 12.7. The van der Waals surface area contributed by atoms with Crippen LogP contribution in [0.5, 0.6) is 5.75 Å². The standard InChI is InChI=1S/C16H19ClN2O3S2/c1-12-6-8-19(9-7-12)24(20,21)15-4-2-13(3-5-15)22-11-14-10-18-16(17)23-14/h2-5,10,12H,6-9,11H2,1H3. The average molecular weight is 387 g/mol. The van der Waals surface area contributed by atoms with Crippen molar-refractivity contribution < 1.29 is 13.2 Å². The first-order valence-electron chi connectivity index (χ1n) is 7.78. The molecule has 5 nitrogen and oxygen atoms in total. The molecule has 0 saturated carbocycles. The van der Waals surface area contributed by atoms with Gasteiger partial charge in [0.05, 0.1) is 9.77 Å². The third kappa shape index (κ3) is 4.08. The second kappa shape index (κ2) is 7.39. The lowest BCUT2D eigenvalue weighted by atomic mass is 10.0. The molecular formula is C16H19ClN2O3S2. The van der Waals surface area contributed by atoms with Crippen molar-refractivity contribution in [2.24, 2.45) is 5.92 Å². The molecule has 0 amide bonds. The molecule has 3 rings (SSSR count). The Morgan fingerprint density at radius 2 is 1.96 bits per heavy atom. The number of aromatic nitrogens is 1. The van der Waals surface area contributed by atoms with Gasteiger partial charge in [-0.05, 0) is 43.0 Å². The molecule has 0 radical (unpaired) electrons. The van der Waals surface area contributed by atoms with Crippen LogP contribution in [-0.4, -0.2) is 30.8 Å². The number of rotatable bonds is 5. The van der Waals surface area contributed by atoms with Gasteiger partial charge in [0.2, 0.25) is 10.0 Å². The molecule has 24 heavy (non-hydrogen) atoms. The molecule has 2 heterocycles. The van der Waals surface area contributed by atoms with Crippen molar-refractivity contribution >= 4 is 33.0 Å². The van der Waals surface area contributed by atoms with Crippen LogP contribution in [0.3, 0.4) is 0 Å². The van der Waals surface area contributed by atoms with E-state index in [0.29, 0.717) is 40.7 Å². The van der Waals surface area contributed by atoms with Gasteiger partial charge in [-0.15, -0.1) is 11.3 Å². The minimum absolute atomic E-state index is 0.310. The smallest absolute Gasteiger partial charge is 0.243 e. The zero-order chi connectivity index (χ0) is 17.2. The first kappa shape index (κ1) is 17.7. The van der Waals surface area contributed by atoms with E-state index in [2.05, 4.69) is 11.9 Å². The van der Waals surface area contributed by atoms with E-state index >= 15 is 0 Å². The first-order valence-corrected chi connectivity index (χ1v) is 10.4. The van der Waals surface area contributed by atoms with E-state index < -0.39 is 10.0 Å². The SMILES string of the molecule is CC1CCN(S(=O)(=O)c2ccc(OCc3cnc(Cl)s3)cc2)CC1. The monoisotopic (exact) mass is 386 g/mol. The molecule has 1 aromatic carbocycles. The summed E-state index contributed by atoms with van der Waals surface area (Å²) in [7, 11) is -3.41. The fraction of sp³-hybridized carbons (Fsp3) is 0.438. The van der Waals surface area contributed by atoms with Crippen molar-refractivity contribution in [2.45, 2.75) is 31.3 Å². The highest BCUT2D eigenvalue weighted by atomic mass is 35.5. The van der Waals surface area contributed by atoms with Crippen molar-refractivity contribution in [3.05, 3.63) is 39.8 Å². The van der Waals surface area contributed by atoms with Gasteiger partial charge in [0.1, 0.15) is 12.4 Å². The number of benzene rings is 1. The molecule has 0 bridgehead atoms. The van der Waals surface area contributed by atoms with E-state index in [1.54, 1.807) is 34.8 Å². The molecule has 130 valence electrons. The highest BCUT2D eigenvalue weighted by molar-refractivity contribution is 7.89. The van der Waals surface area contributed by atoms with E-state index in [1.807, 2.05) is 0 Å². The number of halogens is 1. The summed E-state index contributed by atoms with van der Waals surface area (Å²) in [6, 6.07) is 6.56. The van der Waals surface area contributed by atoms with Gasteiger partial charge < -0.3 is 4.74 Å². The van der Waals surface area contributed by atoms with Gasteiger partial charge in [-0.3, -0.25) is 0 Å². The molecule has 0 atom stereocenters. The molecule has 1 saturated heterocycles. The second-order valence-electron chi connectivity index (χ2n) is 5.93. The third-order valence-electron chi connectivity index (χ3n) is 4.11. The number of hydrogen-bond acceptors (Lipinski definition) is 5. The lowest BCUT2D eigenvalue weighted by molar-refractivity contribution is 0.288. The predicted molar refractivity (Wildman–Crippen MR) is 95.1 cm³/mol. The summed E-state index contributed by atoms with van der Waals surface area (Å²) in [6.45, 7) is 3.70. The van der Waals surface area contributed by atoms with Crippen molar-refractivity contribution in [1.82, 2.24) is 9.29 Å². The van der Waals surface area contributed by atoms with Crippen LogP contribution >= 0.6 is 22.9 Å². The second-order valence-corrected chi connectivity index (χ2v) is 9.56. The number of piperidine rings is 1. The molecule has 8 heteroatoms. The number of hydrogen-bond donors (Lipinski definition) is 0. The summed E-state index contributed by atoms with van der Waals surface area (Å²) >= 11 is 7.14. The summed E-state index contributed by atoms with van der Waals surface area (Å²) in [5.41, 5.74) is 0. The Morgan fingerprint density at radius 3 is 2.54 bits per heavy atom. The normalized spacial score (nSPS) is 17.1. The van der Waals surface area contributed by atoms with E-state index in [0.717, 1.165) is 17.7 Å². The number of ether oxygens (including phenoxy) is 1. The van der Waals surface area contributed by atoms with Crippen LogP contribution < -0.4 is 4.74 Å². The summed E-state index contributed by atoms with van der Waals surface area (Å²) in [4.78, 5) is 5.18. The van der Waals surface area contributed by atoms with Crippen molar-refractivity contribution in [2.75, 3.05) is 13.1 Å². The summed E-state index contributed by atoms with van der Waals surface area (Å²) < 4.78 is 33.0. The van der Waals surface area contributed by atoms with Gasteiger partial charge in [0.25, 0.3) is 0 Å². The molecule has 1 fully saturated rings. The Bertz CT molecular complexity index is 782. The fourth-order valence-electron chi connectivity index (χ4n) is 2.59. The van der Waals surface area contributed by atoms with Crippen LogP contribution in [0.25, 0.3) is 0 Å². The van der Waals surface area contributed by atoms with Crippen LogP contribution in [0, 0.1) is 5.92 Å². The lowest BCUT2D eigenvalue weighted by Crippen LogP contribution is -2.37. The highest BCUT2D eigenvalue weighted by Gasteiger charge is 2.27. The maximum atomic E-state index is 12.7. The highest BCUT2D eigenvalue weighted by Crippen LogP contribution is 2.25. The Kier molecular flexibility index (Phi) is 5.44. The fourth-order valence-corrected chi connectivity index (χ4v) is 4.95. The molecule has 0 N–H and O–H groups in total. The number of thiazole rings is 1. The molecule has 2 aromatic rings. The van der Waals surface area contributed by atoms with Crippen LogP contribution in [0.2, 0.25) is 4.47 Å². The van der Waals surface area contributed by atoms with Crippen molar-refractivity contribution in [3.63, 3.8) is 0 Å². The first-order chi connectivity index (χ1) is 11.4. The quantitative estimate of drug-likeness (QED) is 0.784.